The molecule has 0 radical (unpaired) electrons. The van der Waals surface area contributed by atoms with E-state index < -0.39 is 11.1 Å². The minimum absolute atomic E-state index is 0.00715. The number of fused-ring (bicyclic) bond motifs is 6. The Morgan fingerprint density at radius 3 is 1.50 bits per heavy atom. The van der Waals surface area contributed by atoms with Gasteiger partial charge >= 0.3 is 0 Å². The lowest BCUT2D eigenvalue weighted by atomic mass is 9.61. The van der Waals surface area contributed by atoms with Gasteiger partial charge in [0.05, 0.1) is 12.2 Å². The molecule has 2 heterocycles. The van der Waals surface area contributed by atoms with Gasteiger partial charge in [0, 0.05) is 48.1 Å². The molecule has 2 amide bonds. The van der Waals surface area contributed by atoms with Crippen LogP contribution in [0.15, 0.2) is 55.3 Å². The van der Waals surface area contributed by atoms with E-state index in [1.165, 1.54) is 16.0 Å². The van der Waals surface area contributed by atoms with E-state index in [4.69, 9.17) is 25.2 Å². The van der Waals surface area contributed by atoms with Crippen LogP contribution in [0.5, 0.6) is 0 Å². The zero-order valence-electron chi connectivity index (χ0n) is 28.4. The molecule has 2 unspecified atom stereocenters. The molecule has 8 rings (SSSR count). The van der Waals surface area contributed by atoms with Gasteiger partial charge in [0.2, 0.25) is 0 Å². The number of rotatable bonds is 2. The predicted molar refractivity (Wildman–Crippen MR) is 193 cm³/mol. The van der Waals surface area contributed by atoms with E-state index in [9.17, 15) is 9.59 Å². The molecule has 2 aliphatic heterocycles. The van der Waals surface area contributed by atoms with Crippen molar-refractivity contribution >= 4 is 55.5 Å². The summed E-state index contributed by atoms with van der Waals surface area (Å²) in [5.41, 5.74) is 8.76. The maximum atomic E-state index is 13.4. The number of amidine groups is 1. The van der Waals surface area contributed by atoms with Crippen molar-refractivity contribution in [3.63, 3.8) is 0 Å². The average Bonchev–Trinajstić information content (AvgIpc) is 3.68. The van der Waals surface area contributed by atoms with Crippen molar-refractivity contribution in [2.24, 2.45) is 26.5 Å². The van der Waals surface area contributed by atoms with E-state index in [2.05, 4.69) is 62.2 Å². The lowest BCUT2D eigenvalue weighted by Gasteiger charge is -2.45. The molecule has 2 aromatic rings. The maximum Gasteiger partial charge on any atom is 0.262 e. The smallest absolute Gasteiger partial charge is 0.262 e. The van der Waals surface area contributed by atoms with Crippen LogP contribution in [-0.2, 0) is 43.0 Å². The highest BCUT2D eigenvalue weighted by atomic mass is 79.9. The van der Waals surface area contributed by atoms with E-state index in [0.29, 0.717) is 12.1 Å². The topological polar surface area (TPSA) is 110 Å². The Morgan fingerprint density at radius 1 is 0.729 bits per heavy atom. The van der Waals surface area contributed by atoms with E-state index >= 15 is 0 Å². The standard InChI is InChI=1S/C19H23BrN2O2.C18H22BrN3O2/c1-12-21-19(17(23)22(12)2)16-10-14(20)5-4-13(16)11-18(19)8-6-15(24-3)7-9-18;1-22-15(23)18(21-16(22)20)14-9-12(19)4-3-11(14)10-17(18)7-5-13(24-2)6-8-17/h4-5,10,15H,6-9,11H2,1-3H3;3-4,9,13H,5-8,10H2,1-2H3,(H2,20,21). The van der Waals surface area contributed by atoms with Crippen LogP contribution in [0.1, 0.15) is 80.5 Å². The third kappa shape index (κ3) is 4.66. The molecule has 11 heteroatoms. The first kappa shape index (κ1) is 33.9. The zero-order chi connectivity index (χ0) is 34.2. The largest absolute Gasteiger partial charge is 0.381 e. The molecule has 6 aliphatic rings. The molecule has 4 aliphatic carbocycles. The molecule has 2 aromatic carbocycles. The van der Waals surface area contributed by atoms with Gasteiger partial charge < -0.3 is 20.1 Å². The summed E-state index contributed by atoms with van der Waals surface area (Å²) >= 11 is 7.14. The monoisotopic (exact) mass is 781 g/mol. The quantitative estimate of drug-likeness (QED) is 0.389. The molecule has 4 spiro atoms. The second-order valence-electron chi connectivity index (χ2n) is 14.7. The van der Waals surface area contributed by atoms with Crippen LogP contribution in [0.3, 0.4) is 0 Å². The van der Waals surface area contributed by atoms with Crippen LogP contribution in [0.4, 0.5) is 0 Å². The third-order valence-electron chi connectivity index (χ3n) is 12.6. The van der Waals surface area contributed by atoms with Crippen LogP contribution in [-0.4, -0.2) is 73.9 Å². The Bertz CT molecular complexity index is 1600. The maximum absolute atomic E-state index is 13.4. The number of amides is 2. The Hall–Kier alpha value is -2.60. The fourth-order valence-corrected chi connectivity index (χ4v) is 10.6. The van der Waals surface area contributed by atoms with Gasteiger partial charge in [0.1, 0.15) is 5.84 Å². The molecule has 2 atom stereocenters. The summed E-state index contributed by atoms with van der Waals surface area (Å²) in [6.45, 7) is 1.94. The van der Waals surface area contributed by atoms with Gasteiger partial charge in [-0.2, -0.15) is 0 Å². The zero-order valence-corrected chi connectivity index (χ0v) is 31.6. The number of hydrogen-bond donors (Lipinski definition) is 1. The number of hydrogen-bond acceptors (Lipinski definition) is 7. The number of nitrogens with two attached hydrogens (primary N) is 1. The summed E-state index contributed by atoms with van der Waals surface area (Å²) in [6.07, 6.45) is 10.1. The Kier molecular flexibility index (Phi) is 8.49. The second kappa shape index (κ2) is 12.0. The number of carbonyl (C=O) groups is 2. The van der Waals surface area contributed by atoms with Crippen molar-refractivity contribution in [2.75, 3.05) is 28.3 Å². The summed E-state index contributed by atoms with van der Waals surface area (Å²) in [5.74, 6) is 1.28. The van der Waals surface area contributed by atoms with Crippen molar-refractivity contribution in [2.45, 2.75) is 94.4 Å². The van der Waals surface area contributed by atoms with Crippen molar-refractivity contribution < 1.29 is 19.1 Å². The van der Waals surface area contributed by atoms with Crippen LogP contribution in [0.25, 0.3) is 0 Å². The SMILES string of the molecule is COC1CCC2(CC1)Cc1ccc(Br)cc1C21N=C(C)N(C)C1=O.COC1CCC2(CC1)Cc1ccc(Br)cc1C21N=C(N)N(C)C1=O. The van der Waals surface area contributed by atoms with E-state index in [0.717, 1.165) is 90.1 Å². The highest BCUT2D eigenvalue weighted by Gasteiger charge is 2.67. The van der Waals surface area contributed by atoms with Gasteiger partial charge in [0.25, 0.3) is 11.8 Å². The summed E-state index contributed by atoms with van der Waals surface area (Å²) in [5, 5.41) is 0. The number of carbonyl (C=O) groups excluding carboxylic acids is 2. The molecule has 256 valence electrons. The number of halogens is 2. The first-order valence-electron chi connectivity index (χ1n) is 17.0. The minimum atomic E-state index is -0.871. The summed E-state index contributed by atoms with van der Waals surface area (Å²) in [4.78, 5) is 39.8. The number of methoxy groups -OCH3 is 2. The van der Waals surface area contributed by atoms with Gasteiger partial charge in [-0.1, -0.05) is 44.0 Å². The molecular formula is C37H45Br2N5O4. The number of likely N-dealkylation sites (N-methyl/N-ethyl adjacent to an activating group) is 2. The van der Waals surface area contributed by atoms with Crippen LogP contribution in [0, 0.1) is 10.8 Å². The molecule has 0 saturated heterocycles. The molecule has 2 saturated carbocycles. The highest BCUT2D eigenvalue weighted by Crippen LogP contribution is 2.63. The average molecular weight is 784 g/mol. The molecule has 0 bridgehead atoms. The van der Waals surface area contributed by atoms with E-state index in [1.807, 2.05) is 20.0 Å². The first-order valence-corrected chi connectivity index (χ1v) is 18.6. The van der Waals surface area contributed by atoms with Gasteiger partial charge in [-0.15, -0.1) is 0 Å². The number of nitrogens with zero attached hydrogens (tertiary/aromatic N) is 4. The normalized spacial score (nSPS) is 35.0. The Morgan fingerprint density at radius 2 is 1.15 bits per heavy atom. The minimum Gasteiger partial charge on any atom is -0.381 e. The molecule has 48 heavy (non-hydrogen) atoms. The lowest BCUT2D eigenvalue weighted by Crippen LogP contribution is -2.51. The van der Waals surface area contributed by atoms with E-state index in [-0.39, 0.29) is 28.7 Å². The highest BCUT2D eigenvalue weighted by molar-refractivity contribution is 9.10. The number of aliphatic imine (C=N–C) groups is 2. The number of guanidine groups is 1. The molecule has 2 fully saturated rings. The first-order chi connectivity index (χ1) is 22.9. The van der Waals surface area contributed by atoms with Gasteiger partial charge in [-0.3, -0.25) is 19.5 Å². The predicted octanol–water partition coefficient (Wildman–Crippen LogP) is 6.23. The Balaban J connectivity index is 0.000000152. The second-order valence-corrected chi connectivity index (χ2v) is 16.5. The van der Waals surface area contributed by atoms with Gasteiger partial charge in [-0.25, -0.2) is 4.99 Å². The molecule has 0 aromatic heterocycles. The fraction of sp³-hybridized carbons (Fsp3) is 0.568. The van der Waals surface area contributed by atoms with Crippen molar-refractivity contribution in [1.82, 2.24) is 9.80 Å². The molecule has 2 N–H and O–H groups in total. The number of ether oxygens (including phenoxy) is 2. The van der Waals surface area contributed by atoms with Crippen LogP contribution >= 0.6 is 31.9 Å². The van der Waals surface area contributed by atoms with Gasteiger partial charge in [0.15, 0.2) is 17.0 Å². The van der Waals surface area contributed by atoms with E-state index in [1.54, 1.807) is 26.2 Å². The van der Waals surface area contributed by atoms with Crippen LogP contribution in [0.2, 0.25) is 0 Å². The fourth-order valence-electron chi connectivity index (χ4n) is 9.91. The van der Waals surface area contributed by atoms with Crippen molar-refractivity contribution in [1.29, 1.82) is 0 Å². The van der Waals surface area contributed by atoms with Gasteiger partial charge in [-0.05, 0) is 118 Å². The van der Waals surface area contributed by atoms with Crippen LogP contribution < -0.4 is 5.73 Å². The van der Waals surface area contributed by atoms with Crippen molar-refractivity contribution in [3.05, 3.63) is 67.6 Å². The summed E-state index contributed by atoms with van der Waals surface area (Å²) in [7, 11) is 7.13. The molecule has 9 nitrogen and oxygen atoms in total. The third-order valence-corrected chi connectivity index (χ3v) is 13.6. The Labute approximate surface area is 300 Å². The van der Waals surface area contributed by atoms with Crippen molar-refractivity contribution in [3.8, 4) is 0 Å². The summed E-state index contributed by atoms with van der Waals surface area (Å²) in [6, 6.07) is 12.6. The summed E-state index contributed by atoms with van der Waals surface area (Å²) < 4.78 is 13.1. The number of benzene rings is 2. The lowest BCUT2D eigenvalue weighted by molar-refractivity contribution is -0.138. The molecular weight excluding hydrogens is 738 g/mol.